The highest BCUT2D eigenvalue weighted by molar-refractivity contribution is 5.95. The molecule has 0 unspecified atom stereocenters. The van der Waals surface area contributed by atoms with Crippen molar-refractivity contribution < 1.29 is 19.4 Å². The fraction of sp³-hybridized carbons (Fsp3) is 0.500. The molecule has 0 aromatic heterocycles. The molecule has 5 heteroatoms. The topological polar surface area (TPSA) is 67.8 Å². The summed E-state index contributed by atoms with van der Waals surface area (Å²) in [7, 11) is 0. The van der Waals surface area contributed by atoms with Gasteiger partial charge in [0.25, 0.3) is 5.91 Å². The lowest BCUT2D eigenvalue weighted by Gasteiger charge is -2.25. The van der Waals surface area contributed by atoms with Crippen LogP contribution in [0.15, 0.2) is 18.2 Å². The number of fused-ring (bicyclic) bond motifs is 1. The van der Waals surface area contributed by atoms with Gasteiger partial charge in [-0.3, -0.25) is 4.79 Å². The number of nitrogens with one attached hydrogen (secondary N) is 1. The molecule has 2 N–H and O–H groups in total. The first kappa shape index (κ1) is 13.7. The Hall–Kier alpha value is -1.75. The van der Waals surface area contributed by atoms with Crippen molar-refractivity contribution in [1.29, 1.82) is 0 Å². The monoisotopic (exact) mass is 265 g/mol. The third-order valence-corrected chi connectivity index (χ3v) is 3.53. The largest absolute Gasteiger partial charge is 0.454 e. The van der Waals surface area contributed by atoms with Gasteiger partial charge in [0.05, 0.1) is 5.60 Å². The average Bonchev–Trinajstić information content (AvgIpc) is 2.91. The van der Waals surface area contributed by atoms with E-state index in [2.05, 4.69) is 5.32 Å². The number of carbonyl (C=O) groups is 1. The van der Waals surface area contributed by atoms with Gasteiger partial charge in [-0.2, -0.15) is 0 Å². The van der Waals surface area contributed by atoms with Crippen LogP contribution in [0.3, 0.4) is 0 Å². The molecule has 0 radical (unpaired) electrons. The zero-order chi connectivity index (χ0) is 13.9. The van der Waals surface area contributed by atoms with E-state index < -0.39 is 5.60 Å². The molecule has 0 saturated carbocycles. The predicted octanol–water partition coefficient (Wildman–Crippen LogP) is 1.70. The van der Waals surface area contributed by atoms with E-state index >= 15 is 0 Å². The highest BCUT2D eigenvalue weighted by Gasteiger charge is 2.23. The van der Waals surface area contributed by atoms with Crippen LogP contribution < -0.4 is 14.8 Å². The summed E-state index contributed by atoms with van der Waals surface area (Å²) in [6.07, 6.45) is 1.20. The number of carbonyl (C=O) groups excluding carboxylic acids is 1. The Morgan fingerprint density at radius 3 is 2.68 bits per heavy atom. The SMILES string of the molecule is CCC(O)(CC)CNC(=O)c1ccc2c(c1)OCO2. The van der Waals surface area contributed by atoms with Gasteiger partial charge in [-0.05, 0) is 31.0 Å². The van der Waals surface area contributed by atoms with Crippen LogP contribution in [-0.4, -0.2) is 30.0 Å². The lowest BCUT2D eigenvalue weighted by atomic mass is 9.97. The van der Waals surface area contributed by atoms with E-state index in [1.165, 1.54) is 0 Å². The zero-order valence-electron chi connectivity index (χ0n) is 11.2. The van der Waals surface area contributed by atoms with Crippen molar-refractivity contribution in [3.63, 3.8) is 0 Å². The summed E-state index contributed by atoms with van der Waals surface area (Å²) in [6.45, 7) is 4.23. The van der Waals surface area contributed by atoms with Gasteiger partial charge < -0.3 is 19.9 Å². The minimum Gasteiger partial charge on any atom is -0.454 e. The van der Waals surface area contributed by atoms with Crippen LogP contribution in [0.4, 0.5) is 0 Å². The van der Waals surface area contributed by atoms with E-state index in [-0.39, 0.29) is 19.2 Å². The highest BCUT2D eigenvalue weighted by Crippen LogP contribution is 2.32. The Morgan fingerprint density at radius 1 is 1.32 bits per heavy atom. The van der Waals surface area contributed by atoms with Gasteiger partial charge in [-0.1, -0.05) is 13.8 Å². The van der Waals surface area contributed by atoms with Crippen LogP contribution in [-0.2, 0) is 0 Å². The first-order chi connectivity index (χ1) is 9.08. The molecule has 1 aliphatic rings. The minimum absolute atomic E-state index is 0.186. The van der Waals surface area contributed by atoms with E-state index in [4.69, 9.17) is 9.47 Å². The summed E-state index contributed by atoms with van der Waals surface area (Å²) < 4.78 is 10.4. The fourth-order valence-corrected chi connectivity index (χ4v) is 1.88. The standard InChI is InChI=1S/C14H19NO4/c1-3-14(17,4-2)8-15-13(16)10-5-6-11-12(7-10)19-9-18-11/h5-7,17H,3-4,8-9H2,1-2H3,(H,15,16). The summed E-state index contributed by atoms with van der Waals surface area (Å²) in [4.78, 5) is 12.0. The Morgan fingerprint density at radius 2 is 2.00 bits per heavy atom. The highest BCUT2D eigenvalue weighted by atomic mass is 16.7. The number of aliphatic hydroxyl groups is 1. The molecular weight excluding hydrogens is 246 g/mol. The Kier molecular flexibility index (Phi) is 3.95. The van der Waals surface area contributed by atoms with Crippen LogP contribution >= 0.6 is 0 Å². The maximum Gasteiger partial charge on any atom is 0.251 e. The van der Waals surface area contributed by atoms with E-state index in [9.17, 15) is 9.90 Å². The first-order valence-corrected chi connectivity index (χ1v) is 6.48. The van der Waals surface area contributed by atoms with Crippen LogP contribution in [0.25, 0.3) is 0 Å². The van der Waals surface area contributed by atoms with Crippen LogP contribution in [0.1, 0.15) is 37.0 Å². The molecule has 19 heavy (non-hydrogen) atoms. The fourth-order valence-electron chi connectivity index (χ4n) is 1.88. The maximum absolute atomic E-state index is 12.0. The first-order valence-electron chi connectivity index (χ1n) is 6.48. The molecule has 2 rings (SSSR count). The molecule has 1 heterocycles. The molecule has 0 fully saturated rings. The van der Waals surface area contributed by atoms with E-state index in [1.807, 2.05) is 13.8 Å². The quantitative estimate of drug-likeness (QED) is 0.850. The summed E-state index contributed by atoms with van der Waals surface area (Å²) in [5.74, 6) is 1.00. The van der Waals surface area contributed by atoms with Crippen molar-refractivity contribution in [1.82, 2.24) is 5.32 Å². The van der Waals surface area contributed by atoms with E-state index in [1.54, 1.807) is 18.2 Å². The van der Waals surface area contributed by atoms with Crippen molar-refractivity contribution in [2.45, 2.75) is 32.3 Å². The van der Waals surface area contributed by atoms with E-state index in [0.29, 0.717) is 29.9 Å². The van der Waals surface area contributed by atoms with Crippen molar-refractivity contribution >= 4 is 5.91 Å². The van der Waals surface area contributed by atoms with Gasteiger partial charge in [0, 0.05) is 12.1 Å². The molecule has 0 aliphatic carbocycles. The number of ether oxygens (including phenoxy) is 2. The second kappa shape index (κ2) is 5.48. The molecule has 1 aliphatic heterocycles. The number of hydrogen-bond acceptors (Lipinski definition) is 4. The van der Waals surface area contributed by atoms with Gasteiger partial charge in [0.2, 0.25) is 6.79 Å². The molecule has 1 amide bonds. The van der Waals surface area contributed by atoms with Crippen molar-refractivity contribution in [2.75, 3.05) is 13.3 Å². The smallest absolute Gasteiger partial charge is 0.251 e. The van der Waals surface area contributed by atoms with Gasteiger partial charge in [-0.15, -0.1) is 0 Å². The van der Waals surface area contributed by atoms with Crippen molar-refractivity contribution in [3.8, 4) is 11.5 Å². The molecule has 5 nitrogen and oxygen atoms in total. The Labute approximate surface area is 112 Å². The van der Waals surface area contributed by atoms with Crippen LogP contribution in [0, 0.1) is 0 Å². The summed E-state index contributed by atoms with van der Waals surface area (Å²) >= 11 is 0. The minimum atomic E-state index is -0.841. The van der Waals surface area contributed by atoms with E-state index in [0.717, 1.165) is 0 Å². The summed E-state index contributed by atoms with van der Waals surface area (Å²) in [6, 6.07) is 5.04. The number of hydrogen-bond donors (Lipinski definition) is 2. The molecule has 0 bridgehead atoms. The second-order valence-corrected chi connectivity index (χ2v) is 4.68. The van der Waals surface area contributed by atoms with Gasteiger partial charge in [-0.25, -0.2) is 0 Å². The summed E-state index contributed by atoms with van der Waals surface area (Å²) in [5, 5.41) is 12.9. The third-order valence-electron chi connectivity index (χ3n) is 3.53. The lowest BCUT2D eigenvalue weighted by Crippen LogP contribution is -2.42. The lowest BCUT2D eigenvalue weighted by molar-refractivity contribution is 0.0314. The van der Waals surface area contributed by atoms with Gasteiger partial charge >= 0.3 is 0 Å². The Bertz CT molecular complexity index is 469. The molecule has 0 atom stereocenters. The molecule has 1 aromatic carbocycles. The zero-order valence-corrected chi connectivity index (χ0v) is 11.2. The van der Waals surface area contributed by atoms with Crippen LogP contribution in [0.2, 0.25) is 0 Å². The number of benzene rings is 1. The molecule has 1 aromatic rings. The molecule has 104 valence electrons. The number of rotatable bonds is 5. The molecule has 0 saturated heterocycles. The maximum atomic E-state index is 12.0. The normalized spacial score (nSPS) is 13.4. The van der Waals surface area contributed by atoms with Crippen molar-refractivity contribution in [3.05, 3.63) is 23.8 Å². The van der Waals surface area contributed by atoms with Crippen LogP contribution in [0.5, 0.6) is 11.5 Å². The Balaban J connectivity index is 2.00. The molecular formula is C14H19NO4. The summed E-state index contributed by atoms with van der Waals surface area (Å²) in [5.41, 5.74) is -0.342. The predicted molar refractivity (Wildman–Crippen MR) is 70.4 cm³/mol. The van der Waals surface area contributed by atoms with Gasteiger partial charge in [0.1, 0.15) is 0 Å². The van der Waals surface area contributed by atoms with Crippen molar-refractivity contribution in [2.24, 2.45) is 0 Å². The third kappa shape index (κ3) is 2.98. The second-order valence-electron chi connectivity index (χ2n) is 4.68. The molecule has 0 spiro atoms. The number of amides is 1. The van der Waals surface area contributed by atoms with Gasteiger partial charge in [0.15, 0.2) is 11.5 Å². The average molecular weight is 265 g/mol.